The number of fused-ring (bicyclic) bond motifs is 3. The summed E-state index contributed by atoms with van der Waals surface area (Å²) in [6.45, 7) is 2.18. The Morgan fingerprint density at radius 3 is 2.60 bits per heavy atom. The molecule has 5 aromatic rings. The molecule has 2 aromatic carbocycles. The molecule has 218 valence electrons. The fourth-order valence-electron chi connectivity index (χ4n) is 6.52. The van der Waals surface area contributed by atoms with Crippen LogP contribution in [-0.4, -0.2) is 60.1 Å². The third kappa shape index (κ3) is 5.52. The van der Waals surface area contributed by atoms with Crippen LogP contribution in [0.25, 0.3) is 22.2 Å². The molecule has 1 atom stereocenters. The summed E-state index contributed by atoms with van der Waals surface area (Å²) in [5.41, 5.74) is 6.91. The Kier molecular flexibility index (Phi) is 7.40. The van der Waals surface area contributed by atoms with Gasteiger partial charge in [0.15, 0.2) is 0 Å². The number of benzene rings is 2. The maximum atomic E-state index is 14.0. The third-order valence-electron chi connectivity index (χ3n) is 8.87. The Balaban J connectivity index is 1.07. The number of aromatic amines is 2. The van der Waals surface area contributed by atoms with Gasteiger partial charge in [-0.15, -0.1) is 0 Å². The van der Waals surface area contributed by atoms with Crippen LogP contribution < -0.4 is 0 Å². The Bertz CT molecular complexity index is 1760. The number of nitrogens with one attached hydrogen (secondary N) is 2. The zero-order valence-electron chi connectivity index (χ0n) is 23.7. The minimum atomic E-state index is -0.477. The minimum absolute atomic E-state index is 0.0186. The Hall–Kier alpha value is -4.50. The Labute approximate surface area is 254 Å². The van der Waals surface area contributed by atoms with Crippen LogP contribution in [-0.2, 0) is 29.1 Å². The molecule has 0 spiro atoms. The smallest absolute Gasteiger partial charge is 0.227 e. The number of hydrogen-bond acceptors (Lipinski definition) is 5. The summed E-state index contributed by atoms with van der Waals surface area (Å²) in [6.07, 6.45) is 7.57. The van der Waals surface area contributed by atoms with Crippen molar-refractivity contribution in [2.45, 2.75) is 44.7 Å². The monoisotopic (exact) mass is 593 g/mol. The number of aromatic nitrogens is 5. The Morgan fingerprint density at radius 1 is 1.02 bits per heavy atom. The molecule has 0 bridgehead atoms. The van der Waals surface area contributed by atoms with Crippen LogP contribution in [0, 0.1) is 5.92 Å². The van der Waals surface area contributed by atoms with Crippen LogP contribution in [0.15, 0.2) is 73.2 Å². The van der Waals surface area contributed by atoms with E-state index in [0.717, 1.165) is 57.4 Å². The second kappa shape index (κ2) is 11.6. The minimum Gasteiger partial charge on any atom is -0.343 e. The van der Waals surface area contributed by atoms with Crippen molar-refractivity contribution >= 4 is 34.3 Å². The van der Waals surface area contributed by atoms with Crippen LogP contribution in [0.3, 0.4) is 0 Å². The number of nitrogens with zero attached hydrogens (tertiary/aromatic N) is 5. The average Bonchev–Trinajstić information content (AvgIpc) is 3.72. The van der Waals surface area contributed by atoms with Crippen molar-refractivity contribution in [1.82, 2.24) is 35.2 Å². The maximum absolute atomic E-state index is 14.0. The number of carbonyl (C=O) groups is 2. The lowest BCUT2D eigenvalue weighted by Crippen LogP contribution is -2.41. The molecule has 5 heterocycles. The lowest BCUT2D eigenvalue weighted by atomic mass is 9.90. The first kappa shape index (κ1) is 27.3. The van der Waals surface area contributed by atoms with Gasteiger partial charge in [-0.3, -0.25) is 24.8 Å². The highest BCUT2D eigenvalue weighted by atomic mass is 35.5. The zero-order valence-corrected chi connectivity index (χ0v) is 24.4. The third-order valence-corrected chi connectivity index (χ3v) is 9.16. The number of piperidine rings is 1. The zero-order chi connectivity index (χ0) is 29.3. The fraction of sp³-hybridized carbons (Fsp3) is 0.303. The second-order valence-corrected chi connectivity index (χ2v) is 11.9. The highest BCUT2D eigenvalue weighted by Gasteiger charge is 2.35. The van der Waals surface area contributed by atoms with Gasteiger partial charge < -0.3 is 9.80 Å². The fourth-order valence-corrected chi connectivity index (χ4v) is 6.79. The van der Waals surface area contributed by atoms with Crippen LogP contribution in [0.1, 0.15) is 47.6 Å². The van der Waals surface area contributed by atoms with E-state index in [1.54, 1.807) is 18.6 Å². The van der Waals surface area contributed by atoms with Crippen molar-refractivity contribution in [3.63, 3.8) is 0 Å². The van der Waals surface area contributed by atoms with E-state index in [2.05, 4.69) is 43.6 Å². The first-order valence-corrected chi connectivity index (χ1v) is 15.1. The first-order valence-electron chi connectivity index (χ1n) is 14.7. The van der Waals surface area contributed by atoms with Gasteiger partial charge in [-0.1, -0.05) is 41.9 Å². The highest BCUT2D eigenvalue weighted by molar-refractivity contribution is 6.35. The molecule has 2 amide bonds. The quantitative estimate of drug-likeness (QED) is 0.270. The SMILES string of the molecule is O=C(CC1Cc2cc(Cl)c3[nH]ncc3c2CN(Cc2ccncc2)C1=O)N1CCC(c2cc(-c3ccccc3)n[nH]2)CC1. The van der Waals surface area contributed by atoms with Crippen molar-refractivity contribution in [2.75, 3.05) is 13.1 Å². The molecular weight excluding hydrogens is 562 g/mol. The van der Waals surface area contributed by atoms with Crippen molar-refractivity contribution in [3.05, 3.63) is 101 Å². The largest absolute Gasteiger partial charge is 0.343 e. The summed E-state index contributed by atoms with van der Waals surface area (Å²) >= 11 is 6.61. The van der Waals surface area contributed by atoms with E-state index in [9.17, 15) is 9.59 Å². The lowest BCUT2D eigenvalue weighted by molar-refractivity contribution is -0.142. The standard InChI is InChI=1S/C33H32ClN7O2/c34-28-15-24-14-25(33(43)41(19-21-6-10-35-11-7-21)20-27(24)26-18-36-39-32(26)28)16-31(42)40-12-8-23(9-13-40)30-17-29(37-38-30)22-4-2-1-3-5-22/h1-7,10-11,15,17-18,23,25H,8-9,12-14,16,19-20H2,(H,36,39)(H,37,38). The molecular formula is C33H32ClN7O2. The highest BCUT2D eigenvalue weighted by Crippen LogP contribution is 2.35. The van der Waals surface area contributed by atoms with E-state index in [-0.39, 0.29) is 18.2 Å². The van der Waals surface area contributed by atoms with Gasteiger partial charge in [-0.25, -0.2) is 0 Å². The Morgan fingerprint density at radius 2 is 1.81 bits per heavy atom. The summed E-state index contributed by atoms with van der Waals surface area (Å²) in [4.78, 5) is 35.6. The van der Waals surface area contributed by atoms with E-state index in [1.165, 1.54) is 0 Å². The molecule has 1 unspecified atom stereocenters. The summed E-state index contributed by atoms with van der Waals surface area (Å²) in [6, 6.07) is 18.0. The molecule has 1 saturated heterocycles. The predicted molar refractivity (Wildman–Crippen MR) is 164 cm³/mol. The number of likely N-dealkylation sites (tertiary alicyclic amines) is 1. The van der Waals surface area contributed by atoms with Crippen LogP contribution in [0.5, 0.6) is 0 Å². The molecule has 2 aliphatic rings. The topological polar surface area (TPSA) is 111 Å². The van der Waals surface area contributed by atoms with Gasteiger partial charge in [0.05, 0.1) is 28.3 Å². The predicted octanol–water partition coefficient (Wildman–Crippen LogP) is 5.50. The average molecular weight is 594 g/mol. The number of halogens is 1. The van der Waals surface area contributed by atoms with E-state index >= 15 is 0 Å². The molecule has 0 radical (unpaired) electrons. The van der Waals surface area contributed by atoms with Crippen molar-refractivity contribution in [1.29, 1.82) is 0 Å². The second-order valence-electron chi connectivity index (χ2n) is 11.5. The molecule has 2 N–H and O–H groups in total. The van der Waals surface area contributed by atoms with Gasteiger partial charge >= 0.3 is 0 Å². The summed E-state index contributed by atoms with van der Waals surface area (Å²) < 4.78 is 0. The number of H-pyrrole nitrogens is 2. The van der Waals surface area contributed by atoms with E-state index in [1.807, 2.05) is 46.2 Å². The van der Waals surface area contributed by atoms with Gasteiger partial charge in [0.25, 0.3) is 0 Å². The van der Waals surface area contributed by atoms with E-state index < -0.39 is 5.92 Å². The van der Waals surface area contributed by atoms with Crippen molar-refractivity contribution in [2.24, 2.45) is 5.92 Å². The number of hydrogen-bond donors (Lipinski definition) is 2. The lowest BCUT2D eigenvalue weighted by Gasteiger charge is -2.32. The molecule has 10 heteroatoms. The van der Waals surface area contributed by atoms with E-state index in [0.29, 0.717) is 43.5 Å². The van der Waals surface area contributed by atoms with Crippen molar-refractivity contribution in [3.8, 4) is 11.3 Å². The van der Waals surface area contributed by atoms with Gasteiger partial charge in [-0.05, 0) is 60.2 Å². The van der Waals surface area contributed by atoms with Gasteiger partial charge in [0, 0.05) is 67.6 Å². The molecule has 43 heavy (non-hydrogen) atoms. The first-order chi connectivity index (χ1) is 21.0. The summed E-state index contributed by atoms with van der Waals surface area (Å²) in [7, 11) is 0. The van der Waals surface area contributed by atoms with Gasteiger partial charge in [0.2, 0.25) is 11.8 Å². The molecule has 1 fully saturated rings. The molecule has 2 aliphatic heterocycles. The van der Waals surface area contributed by atoms with E-state index in [4.69, 9.17) is 11.6 Å². The maximum Gasteiger partial charge on any atom is 0.227 e. The van der Waals surface area contributed by atoms with Gasteiger partial charge in [-0.2, -0.15) is 10.2 Å². The molecule has 0 aliphatic carbocycles. The molecule has 7 rings (SSSR count). The van der Waals surface area contributed by atoms with Crippen LogP contribution in [0.4, 0.5) is 0 Å². The summed E-state index contributed by atoms with van der Waals surface area (Å²) in [5, 5.41) is 16.4. The molecule has 3 aromatic heterocycles. The van der Waals surface area contributed by atoms with Gasteiger partial charge in [0.1, 0.15) is 0 Å². The number of rotatable bonds is 6. The molecule has 9 nitrogen and oxygen atoms in total. The van der Waals surface area contributed by atoms with Crippen molar-refractivity contribution < 1.29 is 9.59 Å². The number of pyridine rings is 1. The number of carbonyl (C=O) groups excluding carboxylic acids is 2. The van der Waals surface area contributed by atoms with Crippen LogP contribution in [0.2, 0.25) is 5.02 Å². The summed E-state index contributed by atoms with van der Waals surface area (Å²) in [5.74, 6) is -0.158. The normalized spacial score (nSPS) is 17.7. The van der Waals surface area contributed by atoms with Crippen LogP contribution >= 0.6 is 11.6 Å². The molecule has 0 saturated carbocycles. The number of amides is 2.